The van der Waals surface area contributed by atoms with Gasteiger partial charge in [0.25, 0.3) is 0 Å². The fourth-order valence-electron chi connectivity index (χ4n) is 10.8. The van der Waals surface area contributed by atoms with Gasteiger partial charge in [0, 0.05) is 33.0 Å². The van der Waals surface area contributed by atoms with Crippen LogP contribution in [0.4, 0.5) is 0 Å². The lowest BCUT2D eigenvalue weighted by atomic mass is 9.86. The minimum absolute atomic E-state index is 0.576. The second-order valence-electron chi connectivity index (χ2n) is 18.3. The maximum Gasteiger partial charge on any atom is 0.179 e. The van der Waals surface area contributed by atoms with Crippen LogP contribution >= 0.6 is 0 Å². The molecule has 338 valence electrons. The summed E-state index contributed by atoms with van der Waals surface area (Å²) in [6.07, 6.45) is 0. The Bertz CT molecular complexity index is 3970. The van der Waals surface area contributed by atoms with E-state index in [1.54, 1.807) is 0 Å². The monoisotopic (exact) mass is 935 g/mol. The molecule has 0 amide bonds. The maximum atomic E-state index is 6.47. The highest BCUT2D eigenvalue weighted by Crippen LogP contribution is 2.44. The van der Waals surface area contributed by atoms with E-state index in [1.807, 2.05) is 24.3 Å². The van der Waals surface area contributed by atoms with Crippen molar-refractivity contribution in [2.24, 2.45) is 0 Å². The molecule has 11 aromatic carbocycles. The van der Waals surface area contributed by atoms with Crippen molar-refractivity contribution in [3.8, 4) is 67.5 Å². The van der Waals surface area contributed by atoms with E-state index in [0.717, 1.165) is 82.8 Å². The van der Waals surface area contributed by atoms with Crippen molar-refractivity contribution >= 4 is 61.5 Å². The van der Waals surface area contributed by atoms with Gasteiger partial charge in [0.2, 0.25) is 0 Å². The van der Waals surface area contributed by atoms with Crippen molar-refractivity contribution in [2.75, 3.05) is 0 Å². The predicted molar refractivity (Wildman–Crippen MR) is 301 cm³/mol. The third kappa shape index (κ3) is 7.51. The Morgan fingerprint density at radius 2 is 0.764 bits per heavy atom. The number of fused-ring (bicyclic) bond motifs is 5. The molecule has 5 heteroatoms. The smallest absolute Gasteiger partial charge is 0.179 e. The van der Waals surface area contributed by atoms with Gasteiger partial charge in [-0.3, -0.25) is 0 Å². The average Bonchev–Trinajstić information content (AvgIpc) is 3.85. The van der Waals surface area contributed by atoms with Crippen molar-refractivity contribution in [1.82, 2.24) is 15.0 Å². The van der Waals surface area contributed by atoms with Crippen LogP contribution in [0.3, 0.4) is 0 Å². The highest BCUT2D eigenvalue weighted by molar-refractivity contribution is 7.19. The highest BCUT2D eigenvalue weighted by atomic mass is 28.3. The van der Waals surface area contributed by atoms with Crippen molar-refractivity contribution < 1.29 is 4.42 Å². The third-order valence-electron chi connectivity index (χ3n) is 14.1. The molecule has 0 saturated heterocycles. The molecule has 0 aliphatic heterocycles. The summed E-state index contributed by atoms with van der Waals surface area (Å²) in [6, 6.07) is 97.9. The lowest BCUT2D eigenvalue weighted by Crippen LogP contribution is -2.74. The maximum absolute atomic E-state index is 6.47. The van der Waals surface area contributed by atoms with Crippen LogP contribution in [0.25, 0.3) is 100 Å². The van der Waals surface area contributed by atoms with Crippen LogP contribution in [0, 0.1) is 0 Å². The van der Waals surface area contributed by atoms with Crippen LogP contribution in [0.1, 0.15) is 0 Å². The molecule has 0 unspecified atom stereocenters. The molecule has 0 spiro atoms. The quantitative estimate of drug-likeness (QED) is 0.101. The van der Waals surface area contributed by atoms with E-state index in [4.69, 9.17) is 19.4 Å². The number of hydrogen-bond acceptors (Lipinski definition) is 4. The summed E-state index contributed by atoms with van der Waals surface area (Å²) in [5.74, 6) is 1.75. The van der Waals surface area contributed by atoms with Crippen LogP contribution in [0.2, 0.25) is 0 Å². The van der Waals surface area contributed by atoms with E-state index >= 15 is 0 Å². The van der Waals surface area contributed by atoms with Gasteiger partial charge in [-0.2, -0.15) is 0 Å². The normalized spacial score (nSPS) is 11.6. The summed E-state index contributed by atoms with van der Waals surface area (Å²) in [6.45, 7) is 0. The Hall–Kier alpha value is -9.29. The Labute approximate surface area is 419 Å². The molecule has 0 fully saturated rings. The molecule has 0 radical (unpaired) electrons. The summed E-state index contributed by atoms with van der Waals surface area (Å²) in [4.78, 5) is 16.2. The molecular formula is C67H45N3OSi. The first-order chi connectivity index (χ1) is 35.7. The number of hydrogen-bond donors (Lipinski definition) is 0. The molecule has 0 bridgehead atoms. The number of furan rings is 1. The third-order valence-corrected chi connectivity index (χ3v) is 18.8. The number of nitrogens with zero attached hydrogens (tertiary/aromatic N) is 3. The van der Waals surface area contributed by atoms with Gasteiger partial charge in [-0.1, -0.05) is 237 Å². The van der Waals surface area contributed by atoms with Crippen LogP contribution in [-0.2, 0) is 0 Å². The molecule has 4 nitrogen and oxygen atoms in total. The lowest BCUT2D eigenvalue weighted by molar-refractivity contribution is 0.669. The van der Waals surface area contributed by atoms with Gasteiger partial charge in [-0.05, 0) is 95.7 Å². The fraction of sp³-hybridized carbons (Fsp3) is 0. The highest BCUT2D eigenvalue weighted by Gasteiger charge is 2.41. The van der Waals surface area contributed by atoms with Gasteiger partial charge >= 0.3 is 0 Å². The zero-order valence-electron chi connectivity index (χ0n) is 39.2. The summed E-state index contributed by atoms with van der Waals surface area (Å²) >= 11 is 0. The van der Waals surface area contributed by atoms with Crippen molar-refractivity contribution in [3.63, 3.8) is 0 Å². The summed E-state index contributed by atoms with van der Waals surface area (Å²) < 4.78 is 6.47. The SMILES string of the molecule is c1ccc(-c2cc(-c3cccc([Si](c4ccccc4)(c4ccccc4)c4ccccc4)c3)c(-c3ccccc3)c(-c3nc(-c4ccccc4)nc(-c4ccc5oc6ccc7ccccc7c6c5c4)n3)c2)cc1. The lowest BCUT2D eigenvalue weighted by Gasteiger charge is -2.34. The summed E-state index contributed by atoms with van der Waals surface area (Å²) in [5.41, 5.74) is 10.8. The Balaban J connectivity index is 1.09. The Morgan fingerprint density at radius 1 is 0.278 bits per heavy atom. The van der Waals surface area contributed by atoms with Crippen LogP contribution in [0.5, 0.6) is 0 Å². The minimum atomic E-state index is -2.89. The summed E-state index contributed by atoms with van der Waals surface area (Å²) in [5, 5.41) is 9.65. The molecule has 2 aromatic heterocycles. The largest absolute Gasteiger partial charge is 0.456 e. The van der Waals surface area contributed by atoms with E-state index in [9.17, 15) is 0 Å². The Morgan fingerprint density at radius 3 is 1.40 bits per heavy atom. The molecule has 0 aliphatic carbocycles. The first-order valence-corrected chi connectivity index (χ1v) is 26.4. The predicted octanol–water partition coefficient (Wildman–Crippen LogP) is 14.3. The van der Waals surface area contributed by atoms with Crippen molar-refractivity contribution in [2.45, 2.75) is 0 Å². The molecule has 13 rings (SSSR count). The zero-order chi connectivity index (χ0) is 47.8. The van der Waals surface area contributed by atoms with Gasteiger partial charge in [-0.15, -0.1) is 0 Å². The molecule has 2 heterocycles. The second-order valence-corrected chi connectivity index (χ2v) is 22.1. The van der Waals surface area contributed by atoms with Crippen molar-refractivity contribution in [3.05, 3.63) is 273 Å². The van der Waals surface area contributed by atoms with E-state index < -0.39 is 8.07 Å². The first kappa shape index (κ1) is 42.8. The van der Waals surface area contributed by atoms with E-state index in [-0.39, 0.29) is 0 Å². The molecule has 13 aromatic rings. The zero-order valence-corrected chi connectivity index (χ0v) is 40.2. The van der Waals surface area contributed by atoms with Gasteiger partial charge in [-0.25, -0.2) is 15.0 Å². The van der Waals surface area contributed by atoms with Gasteiger partial charge in [0.1, 0.15) is 11.2 Å². The molecule has 0 saturated carbocycles. The number of benzene rings is 11. The van der Waals surface area contributed by atoms with Crippen LogP contribution < -0.4 is 20.7 Å². The topological polar surface area (TPSA) is 51.8 Å². The summed E-state index contributed by atoms with van der Waals surface area (Å²) in [7, 11) is -2.89. The number of aromatic nitrogens is 3. The standard InChI is InChI=1S/C67H45N3OSi/c1-7-22-46(23-8-1)52-44-58(50-29-21-36-56(42-50)72(53-30-13-4-14-31-53,54-32-15-5-16-33-54)55-34-17-6-18-35-55)63(48-25-9-2-10-26-48)60(45-52)67-69-65(49-27-11-3-12-28-49)68-66(70-67)51-39-40-61-59(43-51)64-57-37-20-19-24-47(57)38-41-62(64)71-61/h1-45H. The molecule has 0 aliphatic rings. The second kappa shape index (κ2) is 18.2. The van der Waals surface area contributed by atoms with Gasteiger partial charge in [0.05, 0.1) is 0 Å². The van der Waals surface area contributed by atoms with E-state index in [2.05, 4.69) is 249 Å². The first-order valence-electron chi connectivity index (χ1n) is 24.4. The molecule has 0 N–H and O–H groups in total. The van der Waals surface area contributed by atoms with Gasteiger partial charge in [0.15, 0.2) is 25.5 Å². The van der Waals surface area contributed by atoms with E-state index in [1.165, 1.54) is 20.7 Å². The van der Waals surface area contributed by atoms with Crippen LogP contribution in [-0.4, -0.2) is 23.0 Å². The van der Waals surface area contributed by atoms with Gasteiger partial charge < -0.3 is 4.42 Å². The molecule has 72 heavy (non-hydrogen) atoms. The minimum Gasteiger partial charge on any atom is -0.456 e. The van der Waals surface area contributed by atoms with Crippen LogP contribution in [0.15, 0.2) is 277 Å². The van der Waals surface area contributed by atoms with Crippen molar-refractivity contribution in [1.29, 1.82) is 0 Å². The molecule has 0 atom stereocenters. The fourth-order valence-corrected chi connectivity index (χ4v) is 15.6. The Kier molecular flexibility index (Phi) is 10.8. The molecular weight excluding hydrogens is 891 g/mol. The van der Waals surface area contributed by atoms with E-state index in [0.29, 0.717) is 17.5 Å². The average molecular weight is 936 g/mol. The number of rotatable bonds is 10.